The standard InChI is InChI=1S/C7H6O6S.2Na/c8-6-3-4(14(11,12)13)1-2-5(6)7(9)10;;/h1-3,8H,(H,9,10)(H,11,12,13);;. The summed E-state index contributed by atoms with van der Waals surface area (Å²) in [6.45, 7) is 0. The fourth-order valence-electron chi connectivity index (χ4n) is 0.853. The Morgan fingerprint density at radius 1 is 1.19 bits per heavy atom. The first kappa shape index (κ1) is 18.8. The van der Waals surface area contributed by atoms with Crippen molar-refractivity contribution in [2.45, 2.75) is 4.90 Å². The van der Waals surface area contributed by atoms with Crippen LogP contribution in [0.15, 0.2) is 23.1 Å². The minimum atomic E-state index is -4.42. The molecule has 1 aromatic carbocycles. The van der Waals surface area contributed by atoms with Crippen LogP contribution in [0, 0.1) is 0 Å². The van der Waals surface area contributed by atoms with Crippen molar-refractivity contribution >= 4 is 75.2 Å². The number of carboxylic acids is 1. The van der Waals surface area contributed by atoms with Crippen LogP contribution in [0.4, 0.5) is 0 Å². The Labute approximate surface area is 136 Å². The van der Waals surface area contributed by atoms with Gasteiger partial charge in [-0.1, -0.05) is 0 Å². The third-order valence-corrected chi connectivity index (χ3v) is 2.35. The number of hydrogen-bond donors (Lipinski definition) is 3. The van der Waals surface area contributed by atoms with Gasteiger partial charge in [0.2, 0.25) is 0 Å². The van der Waals surface area contributed by atoms with E-state index in [4.69, 9.17) is 14.8 Å². The van der Waals surface area contributed by atoms with Gasteiger partial charge in [0.1, 0.15) is 11.3 Å². The van der Waals surface area contributed by atoms with Crippen molar-refractivity contribution in [3.05, 3.63) is 23.8 Å². The number of benzene rings is 1. The molecule has 0 spiro atoms. The fourth-order valence-corrected chi connectivity index (χ4v) is 1.35. The molecule has 3 N–H and O–H groups in total. The summed E-state index contributed by atoms with van der Waals surface area (Å²) >= 11 is 0. The molecular formula is C7H6Na2O6S. The average molecular weight is 264 g/mol. The van der Waals surface area contributed by atoms with E-state index in [1.54, 1.807) is 0 Å². The quantitative estimate of drug-likeness (QED) is 0.494. The number of rotatable bonds is 2. The van der Waals surface area contributed by atoms with E-state index in [2.05, 4.69) is 0 Å². The minimum absolute atomic E-state index is 0. The molecule has 0 aliphatic rings. The maximum atomic E-state index is 10.6. The molecule has 0 bridgehead atoms. The maximum absolute atomic E-state index is 10.6. The van der Waals surface area contributed by atoms with E-state index < -0.39 is 32.3 Å². The second-order valence-electron chi connectivity index (χ2n) is 2.46. The third-order valence-electron chi connectivity index (χ3n) is 1.50. The van der Waals surface area contributed by atoms with Crippen LogP contribution >= 0.6 is 0 Å². The van der Waals surface area contributed by atoms with E-state index in [1.807, 2.05) is 0 Å². The summed E-state index contributed by atoms with van der Waals surface area (Å²) in [6, 6.07) is 2.44. The smallest absolute Gasteiger partial charge is 0.339 e. The zero-order valence-electron chi connectivity index (χ0n) is 8.71. The zero-order valence-corrected chi connectivity index (χ0v) is 13.5. The molecule has 0 unspecified atom stereocenters. The molecule has 0 aromatic heterocycles. The summed E-state index contributed by atoms with van der Waals surface area (Å²) in [6.07, 6.45) is 0. The van der Waals surface area contributed by atoms with Gasteiger partial charge in [0.15, 0.2) is 0 Å². The van der Waals surface area contributed by atoms with Gasteiger partial charge in [0, 0.05) is 65.2 Å². The van der Waals surface area contributed by atoms with Crippen LogP contribution in [-0.2, 0) is 10.1 Å². The van der Waals surface area contributed by atoms with E-state index in [-0.39, 0.29) is 59.1 Å². The van der Waals surface area contributed by atoms with E-state index in [0.717, 1.165) is 12.1 Å². The van der Waals surface area contributed by atoms with Crippen LogP contribution in [0.1, 0.15) is 10.4 Å². The van der Waals surface area contributed by atoms with Crippen molar-refractivity contribution in [2.24, 2.45) is 0 Å². The number of aromatic hydroxyl groups is 1. The number of hydrogen-bond acceptors (Lipinski definition) is 4. The zero-order chi connectivity index (χ0) is 10.9. The molecule has 1 aromatic rings. The van der Waals surface area contributed by atoms with Crippen molar-refractivity contribution in [3.63, 3.8) is 0 Å². The molecular weight excluding hydrogens is 258 g/mol. The molecule has 0 aliphatic carbocycles. The predicted molar refractivity (Wildman–Crippen MR) is 56.4 cm³/mol. The van der Waals surface area contributed by atoms with Gasteiger partial charge in [-0.15, -0.1) is 0 Å². The second kappa shape index (κ2) is 6.97. The van der Waals surface area contributed by atoms with E-state index in [0.29, 0.717) is 6.07 Å². The summed E-state index contributed by atoms with van der Waals surface area (Å²) in [4.78, 5) is 9.86. The Morgan fingerprint density at radius 2 is 1.69 bits per heavy atom. The van der Waals surface area contributed by atoms with E-state index in [9.17, 15) is 13.2 Å². The van der Waals surface area contributed by atoms with Crippen LogP contribution < -0.4 is 0 Å². The van der Waals surface area contributed by atoms with Crippen molar-refractivity contribution in [1.29, 1.82) is 0 Å². The Morgan fingerprint density at radius 3 is 2.00 bits per heavy atom. The van der Waals surface area contributed by atoms with Gasteiger partial charge in [-0.2, -0.15) is 8.42 Å². The van der Waals surface area contributed by atoms with Crippen LogP contribution in [0.2, 0.25) is 0 Å². The largest absolute Gasteiger partial charge is 0.507 e. The average Bonchev–Trinajstić information content (AvgIpc) is 2.01. The molecule has 0 heterocycles. The van der Waals surface area contributed by atoms with Crippen LogP contribution in [-0.4, -0.2) is 88.3 Å². The van der Waals surface area contributed by atoms with Gasteiger partial charge in [-0.05, 0) is 12.1 Å². The molecule has 0 atom stereocenters. The molecule has 1 rings (SSSR count). The summed E-state index contributed by atoms with van der Waals surface area (Å²) < 4.78 is 29.7. The summed E-state index contributed by atoms with van der Waals surface area (Å²) in [5.74, 6) is -2.10. The van der Waals surface area contributed by atoms with Gasteiger partial charge in [0.25, 0.3) is 10.1 Å². The van der Waals surface area contributed by atoms with E-state index >= 15 is 0 Å². The first-order valence-corrected chi connectivity index (χ1v) is 4.80. The summed E-state index contributed by atoms with van der Waals surface area (Å²) in [5, 5.41) is 17.6. The Hall–Kier alpha value is 0.400. The Bertz CT molecular complexity index is 484. The monoisotopic (exact) mass is 264 g/mol. The summed E-state index contributed by atoms with van der Waals surface area (Å²) in [7, 11) is -4.42. The van der Waals surface area contributed by atoms with Gasteiger partial charge in [0.05, 0.1) is 4.90 Å². The first-order chi connectivity index (χ1) is 6.32. The Kier molecular flexibility index (Phi) is 8.17. The normalized spacial score (nSPS) is 9.81. The molecule has 2 radical (unpaired) electrons. The molecule has 0 aliphatic heterocycles. The predicted octanol–water partition coefficient (Wildman–Crippen LogP) is -0.424. The third kappa shape index (κ3) is 4.72. The van der Waals surface area contributed by atoms with Crippen molar-refractivity contribution in [3.8, 4) is 5.75 Å². The summed E-state index contributed by atoms with van der Waals surface area (Å²) in [5.41, 5.74) is -0.433. The molecule has 0 amide bonds. The number of carboxylic acid groups (broad SMARTS) is 1. The van der Waals surface area contributed by atoms with Crippen LogP contribution in [0.25, 0.3) is 0 Å². The topological polar surface area (TPSA) is 112 Å². The molecule has 0 saturated carbocycles. The van der Waals surface area contributed by atoms with Crippen LogP contribution in [0.5, 0.6) is 5.75 Å². The van der Waals surface area contributed by atoms with Gasteiger partial charge in [-0.25, -0.2) is 4.79 Å². The van der Waals surface area contributed by atoms with Crippen molar-refractivity contribution in [1.82, 2.24) is 0 Å². The van der Waals surface area contributed by atoms with E-state index in [1.165, 1.54) is 0 Å². The fraction of sp³-hybridized carbons (Fsp3) is 0. The van der Waals surface area contributed by atoms with Crippen molar-refractivity contribution < 1.29 is 28.0 Å². The first-order valence-electron chi connectivity index (χ1n) is 3.36. The number of aromatic carboxylic acids is 1. The number of carbonyl (C=O) groups is 1. The molecule has 0 saturated heterocycles. The second-order valence-corrected chi connectivity index (χ2v) is 3.88. The van der Waals surface area contributed by atoms with Gasteiger partial charge >= 0.3 is 5.97 Å². The maximum Gasteiger partial charge on any atom is 0.339 e. The minimum Gasteiger partial charge on any atom is -0.507 e. The SMILES string of the molecule is O=C(O)c1ccc(S(=O)(=O)O)cc1O.[Na].[Na]. The Balaban J connectivity index is 0. The molecule has 9 heteroatoms. The molecule has 16 heavy (non-hydrogen) atoms. The van der Waals surface area contributed by atoms with Crippen LogP contribution in [0.3, 0.4) is 0 Å². The molecule has 78 valence electrons. The molecule has 0 fully saturated rings. The van der Waals surface area contributed by atoms with Gasteiger partial charge < -0.3 is 10.2 Å². The number of phenols is 1. The molecule has 6 nitrogen and oxygen atoms in total. The van der Waals surface area contributed by atoms with Crippen molar-refractivity contribution in [2.75, 3.05) is 0 Å². The van der Waals surface area contributed by atoms with Gasteiger partial charge in [-0.3, -0.25) is 4.55 Å².